The first-order chi connectivity index (χ1) is 12.3. The molecule has 0 spiro atoms. The molecule has 0 atom stereocenters. The highest BCUT2D eigenvalue weighted by atomic mass is 32.1. The molecule has 0 amide bonds. The minimum absolute atomic E-state index is 0.0287. The number of aliphatic hydroxyl groups excluding tert-OH is 1. The number of aliphatic hydroxyl groups is 1. The Morgan fingerprint density at radius 1 is 1.20 bits per heavy atom. The molecular weight excluding hydrogens is 338 g/mol. The van der Waals surface area contributed by atoms with Crippen molar-refractivity contribution in [2.75, 3.05) is 26.9 Å². The number of methoxy groups -OCH3 is 1. The second-order valence-electron chi connectivity index (χ2n) is 5.24. The van der Waals surface area contributed by atoms with Gasteiger partial charge in [0.1, 0.15) is 6.61 Å². The number of hydrogen-bond donors (Lipinski definition) is 3. The molecule has 0 saturated heterocycles. The molecule has 3 N–H and O–H groups in total. The Hall–Kier alpha value is -2.25. The van der Waals surface area contributed by atoms with Crippen LogP contribution in [0.25, 0.3) is 0 Å². The molecule has 0 radical (unpaired) electrons. The lowest BCUT2D eigenvalue weighted by atomic mass is 10.2. The van der Waals surface area contributed by atoms with Gasteiger partial charge in [-0.25, -0.2) is 4.99 Å². The topological polar surface area (TPSA) is 75.1 Å². The number of thiophene rings is 1. The van der Waals surface area contributed by atoms with Crippen molar-refractivity contribution in [3.8, 4) is 11.5 Å². The Morgan fingerprint density at radius 3 is 2.76 bits per heavy atom. The summed E-state index contributed by atoms with van der Waals surface area (Å²) >= 11 is 1.67. The van der Waals surface area contributed by atoms with Crippen LogP contribution in [0.4, 0.5) is 0 Å². The van der Waals surface area contributed by atoms with Crippen LogP contribution < -0.4 is 20.1 Å². The third-order valence-electron chi connectivity index (χ3n) is 3.38. The molecule has 0 aliphatic rings. The number of hydrogen-bond acceptors (Lipinski definition) is 5. The van der Waals surface area contributed by atoms with Crippen LogP contribution in [-0.4, -0.2) is 37.9 Å². The number of aliphatic imine (C=N–C) groups is 1. The molecule has 0 aliphatic heterocycles. The number of benzene rings is 1. The van der Waals surface area contributed by atoms with Crippen LogP contribution in [0.5, 0.6) is 11.5 Å². The van der Waals surface area contributed by atoms with E-state index >= 15 is 0 Å². The predicted octanol–water partition coefficient (Wildman–Crippen LogP) is 2.38. The Labute approximate surface area is 152 Å². The Kier molecular flexibility index (Phi) is 8.08. The summed E-state index contributed by atoms with van der Waals surface area (Å²) < 4.78 is 10.8. The van der Waals surface area contributed by atoms with E-state index in [0.717, 1.165) is 18.1 Å². The molecule has 0 saturated carbocycles. The van der Waals surface area contributed by atoms with Crippen molar-refractivity contribution < 1.29 is 14.6 Å². The van der Waals surface area contributed by atoms with Crippen molar-refractivity contribution in [1.29, 1.82) is 0 Å². The quantitative estimate of drug-likeness (QED) is 0.471. The molecule has 0 fully saturated rings. The van der Waals surface area contributed by atoms with E-state index in [-0.39, 0.29) is 13.2 Å². The highest BCUT2D eigenvalue weighted by Gasteiger charge is 2.06. The molecule has 136 valence electrons. The van der Waals surface area contributed by atoms with E-state index in [1.807, 2.05) is 25.1 Å². The van der Waals surface area contributed by atoms with Crippen LogP contribution in [0, 0.1) is 0 Å². The largest absolute Gasteiger partial charge is 0.493 e. The summed E-state index contributed by atoms with van der Waals surface area (Å²) in [6, 6.07) is 7.81. The fourth-order valence-electron chi connectivity index (χ4n) is 2.18. The van der Waals surface area contributed by atoms with E-state index < -0.39 is 0 Å². The van der Waals surface area contributed by atoms with Crippen LogP contribution in [0.1, 0.15) is 18.1 Å². The number of nitrogens with zero attached hydrogens (tertiary/aromatic N) is 1. The Balaban J connectivity index is 1.98. The highest BCUT2D eigenvalue weighted by Crippen LogP contribution is 2.27. The first-order valence-electron chi connectivity index (χ1n) is 8.20. The third-order valence-corrected chi connectivity index (χ3v) is 4.11. The van der Waals surface area contributed by atoms with E-state index in [0.29, 0.717) is 24.6 Å². The minimum atomic E-state index is -0.0287. The molecule has 25 heavy (non-hydrogen) atoms. The maximum atomic E-state index is 8.87. The summed E-state index contributed by atoms with van der Waals surface area (Å²) in [4.78, 5) is 4.59. The highest BCUT2D eigenvalue weighted by molar-refractivity contribution is 7.07. The van der Waals surface area contributed by atoms with Gasteiger partial charge in [0.2, 0.25) is 0 Å². The van der Waals surface area contributed by atoms with E-state index in [2.05, 4.69) is 32.5 Å². The summed E-state index contributed by atoms with van der Waals surface area (Å²) in [6.45, 7) is 4.32. The van der Waals surface area contributed by atoms with Gasteiger partial charge in [-0.2, -0.15) is 11.3 Å². The van der Waals surface area contributed by atoms with Crippen LogP contribution >= 0.6 is 11.3 Å². The average molecular weight is 363 g/mol. The summed E-state index contributed by atoms with van der Waals surface area (Å²) in [5.74, 6) is 2.04. The van der Waals surface area contributed by atoms with E-state index in [1.165, 1.54) is 5.56 Å². The predicted molar refractivity (Wildman–Crippen MR) is 102 cm³/mol. The number of nitrogens with one attached hydrogen (secondary N) is 2. The van der Waals surface area contributed by atoms with Gasteiger partial charge in [0.15, 0.2) is 17.5 Å². The summed E-state index contributed by atoms with van der Waals surface area (Å²) in [7, 11) is 1.60. The lowest BCUT2D eigenvalue weighted by Gasteiger charge is -2.14. The third kappa shape index (κ3) is 6.28. The van der Waals surface area contributed by atoms with Gasteiger partial charge >= 0.3 is 0 Å². The van der Waals surface area contributed by atoms with Crippen LogP contribution in [0.3, 0.4) is 0 Å². The summed E-state index contributed by atoms with van der Waals surface area (Å²) in [6.07, 6.45) is 0. The van der Waals surface area contributed by atoms with Gasteiger partial charge in [-0.1, -0.05) is 6.07 Å². The normalized spacial score (nSPS) is 11.2. The van der Waals surface area contributed by atoms with Crippen LogP contribution in [-0.2, 0) is 13.1 Å². The lowest BCUT2D eigenvalue weighted by Crippen LogP contribution is -2.36. The van der Waals surface area contributed by atoms with Crippen molar-refractivity contribution >= 4 is 17.3 Å². The van der Waals surface area contributed by atoms with Crippen molar-refractivity contribution in [3.63, 3.8) is 0 Å². The molecule has 0 unspecified atom stereocenters. The lowest BCUT2D eigenvalue weighted by molar-refractivity contribution is 0.196. The van der Waals surface area contributed by atoms with E-state index in [4.69, 9.17) is 14.6 Å². The Morgan fingerprint density at radius 2 is 2.08 bits per heavy atom. The second-order valence-corrected chi connectivity index (χ2v) is 6.02. The van der Waals surface area contributed by atoms with Gasteiger partial charge in [-0.3, -0.25) is 0 Å². The van der Waals surface area contributed by atoms with Gasteiger partial charge < -0.3 is 25.2 Å². The maximum absolute atomic E-state index is 8.87. The van der Waals surface area contributed by atoms with Crippen molar-refractivity contribution in [3.05, 3.63) is 46.2 Å². The summed E-state index contributed by atoms with van der Waals surface area (Å²) in [5, 5.41) is 19.6. The molecule has 6 nitrogen and oxygen atoms in total. The zero-order chi connectivity index (χ0) is 17.9. The number of rotatable bonds is 9. The molecule has 1 aromatic heterocycles. The summed E-state index contributed by atoms with van der Waals surface area (Å²) in [5.41, 5.74) is 2.25. The smallest absolute Gasteiger partial charge is 0.191 e. The van der Waals surface area contributed by atoms with E-state index in [9.17, 15) is 0 Å². The van der Waals surface area contributed by atoms with Crippen LogP contribution in [0.2, 0.25) is 0 Å². The zero-order valence-corrected chi connectivity index (χ0v) is 15.4. The minimum Gasteiger partial charge on any atom is -0.493 e. The number of guanidine groups is 1. The zero-order valence-electron chi connectivity index (χ0n) is 14.6. The molecular formula is C18H25N3O3S. The molecule has 1 aromatic carbocycles. The average Bonchev–Trinajstić information content (AvgIpc) is 3.16. The first kappa shape index (κ1) is 19.1. The fraction of sp³-hybridized carbons (Fsp3) is 0.389. The molecule has 1 heterocycles. The molecule has 2 aromatic rings. The van der Waals surface area contributed by atoms with Gasteiger partial charge in [-0.15, -0.1) is 0 Å². The fourth-order valence-corrected chi connectivity index (χ4v) is 2.84. The second kappa shape index (κ2) is 10.6. The van der Waals surface area contributed by atoms with Gasteiger partial charge in [0, 0.05) is 13.1 Å². The monoisotopic (exact) mass is 363 g/mol. The van der Waals surface area contributed by atoms with E-state index in [1.54, 1.807) is 18.4 Å². The van der Waals surface area contributed by atoms with Crippen molar-refractivity contribution in [2.45, 2.75) is 20.0 Å². The molecule has 0 bridgehead atoms. The molecule has 2 rings (SSSR count). The first-order valence-corrected chi connectivity index (χ1v) is 9.15. The van der Waals surface area contributed by atoms with Crippen molar-refractivity contribution in [2.24, 2.45) is 4.99 Å². The van der Waals surface area contributed by atoms with Crippen molar-refractivity contribution in [1.82, 2.24) is 10.6 Å². The van der Waals surface area contributed by atoms with Gasteiger partial charge in [0.05, 0.1) is 20.3 Å². The Bertz CT molecular complexity index is 660. The molecule has 7 heteroatoms. The molecule has 0 aliphatic carbocycles. The SMILES string of the molecule is CCNC(=NCc1ccsc1)NCc1ccc(OCCO)c(OC)c1. The van der Waals surface area contributed by atoms with Gasteiger partial charge in [-0.05, 0) is 47.0 Å². The standard InChI is InChI=1S/C18H25N3O3S/c1-3-19-18(21-12-15-6-9-25-13-15)20-11-14-4-5-16(24-8-7-22)17(10-14)23-2/h4-6,9-10,13,22H,3,7-8,11-12H2,1-2H3,(H2,19,20,21). The maximum Gasteiger partial charge on any atom is 0.191 e. The number of ether oxygens (including phenoxy) is 2. The van der Waals surface area contributed by atoms with Crippen LogP contribution in [0.15, 0.2) is 40.0 Å². The van der Waals surface area contributed by atoms with Gasteiger partial charge in [0.25, 0.3) is 0 Å².